The third-order valence-electron chi connectivity index (χ3n) is 3.15. The van der Waals surface area contributed by atoms with Crippen molar-refractivity contribution in [1.82, 2.24) is 4.90 Å². The molecule has 0 spiro atoms. The number of ether oxygens (including phenoxy) is 1. The van der Waals surface area contributed by atoms with Gasteiger partial charge in [-0.3, -0.25) is 0 Å². The van der Waals surface area contributed by atoms with Crippen molar-refractivity contribution in [3.8, 4) is 0 Å². The molecular weight excluding hydrogens is 266 g/mol. The van der Waals surface area contributed by atoms with Crippen LogP contribution in [0.2, 0.25) is 0 Å². The third-order valence-corrected chi connectivity index (χ3v) is 3.15. The van der Waals surface area contributed by atoms with E-state index in [1.807, 2.05) is 32.9 Å². The Bertz CT molecular complexity index is 452. The molecule has 1 N–H and O–H groups in total. The van der Waals surface area contributed by atoms with E-state index < -0.39 is 5.60 Å². The summed E-state index contributed by atoms with van der Waals surface area (Å²) in [4.78, 5) is 13.9. The second-order valence-corrected chi connectivity index (χ2v) is 6.22. The van der Waals surface area contributed by atoms with E-state index in [1.54, 1.807) is 4.90 Å². The maximum Gasteiger partial charge on any atom is 0.410 e. The predicted octanol–water partition coefficient (Wildman–Crippen LogP) is 3.16. The fourth-order valence-electron chi connectivity index (χ4n) is 2.03. The molecule has 0 aliphatic rings. The van der Waals surface area contributed by atoms with Crippen LogP contribution in [0.25, 0.3) is 0 Å². The maximum atomic E-state index is 12.2. The van der Waals surface area contributed by atoms with E-state index in [0.29, 0.717) is 19.5 Å². The van der Waals surface area contributed by atoms with E-state index in [2.05, 4.69) is 19.1 Å². The molecular formula is C17H27NO3. The number of hydrogen-bond donors (Lipinski definition) is 1. The van der Waals surface area contributed by atoms with Crippen molar-refractivity contribution in [2.75, 3.05) is 19.7 Å². The van der Waals surface area contributed by atoms with Gasteiger partial charge in [0.05, 0.1) is 0 Å². The average molecular weight is 293 g/mol. The first-order valence-corrected chi connectivity index (χ1v) is 7.47. The number of nitrogens with zero attached hydrogens (tertiary/aromatic N) is 1. The molecule has 0 bridgehead atoms. The molecule has 0 saturated carbocycles. The molecule has 0 heterocycles. The lowest BCUT2D eigenvalue weighted by molar-refractivity contribution is 0.0242. The molecule has 21 heavy (non-hydrogen) atoms. The molecule has 4 heteroatoms. The van der Waals surface area contributed by atoms with Crippen LogP contribution < -0.4 is 0 Å². The molecule has 0 aliphatic carbocycles. The SMILES string of the molecule is Cc1ccccc1CCN(CCCO)C(=O)OC(C)(C)C. The number of aryl methyl sites for hydroxylation is 1. The number of benzene rings is 1. The van der Waals surface area contributed by atoms with Crippen molar-refractivity contribution >= 4 is 6.09 Å². The minimum absolute atomic E-state index is 0.0731. The predicted molar refractivity (Wildman–Crippen MR) is 84.4 cm³/mol. The lowest BCUT2D eigenvalue weighted by atomic mass is 10.1. The Labute approximate surface area is 127 Å². The van der Waals surface area contributed by atoms with Crippen LogP contribution in [0.3, 0.4) is 0 Å². The van der Waals surface area contributed by atoms with Gasteiger partial charge in [-0.1, -0.05) is 24.3 Å². The second-order valence-electron chi connectivity index (χ2n) is 6.22. The highest BCUT2D eigenvalue weighted by molar-refractivity contribution is 5.68. The highest BCUT2D eigenvalue weighted by atomic mass is 16.6. The van der Waals surface area contributed by atoms with Gasteiger partial charge in [0, 0.05) is 19.7 Å². The lowest BCUT2D eigenvalue weighted by Gasteiger charge is -2.27. The van der Waals surface area contributed by atoms with E-state index in [-0.39, 0.29) is 12.7 Å². The standard InChI is InChI=1S/C17H27NO3/c1-14-8-5-6-9-15(14)10-12-18(11-7-13-19)16(20)21-17(2,3)4/h5-6,8-9,19H,7,10-13H2,1-4H3. The topological polar surface area (TPSA) is 49.8 Å². The van der Waals surface area contributed by atoms with Gasteiger partial charge in [-0.05, 0) is 51.7 Å². The van der Waals surface area contributed by atoms with Crippen LogP contribution in [0.15, 0.2) is 24.3 Å². The van der Waals surface area contributed by atoms with Crippen molar-refractivity contribution in [2.24, 2.45) is 0 Å². The Balaban J connectivity index is 2.65. The van der Waals surface area contributed by atoms with Gasteiger partial charge in [-0.25, -0.2) is 4.79 Å². The molecule has 0 aromatic heterocycles. The fraction of sp³-hybridized carbons (Fsp3) is 0.588. The zero-order chi connectivity index (χ0) is 15.9. The number of rotatable bonds is 6. The summed E-state index contributed by atoms with van der Waals surface area (Å²) in [6.45, 7) is 8.82. The number of hydrogen-bond acceptors (Lipinski definition) is 3. The van der Waals surface area contributed by atoms with Crippen molar-refractivity contribution in [2.45, 2.75) is 46.1 Å². The molecule has 0 fully saturated rings. The van der Waals surface area contributed by atoms with Gasteiger partial charge >= 0.3 is 6.09 Å². The van der Waals surface area contributed by atoms with Crippen LogP contribution in [0.1, 0.15) is 38.3 Å². The summed E-state index contributed by atoms with van der Waals surface area (Å²) in [6.07, 6.45) is 1.04. The zero-order valence-electron chi connectivity index (χ0n) is 13.6. The van der Waals surface area contributed by atoms with Gasteiger partial charge in [0.1, 0.15) is 5.60 Å². The van der Waals surface area contributed by atoms with E-state index in [9.17, 15) is 4.79 Å². The summed E-state index contributed by atoms with van der Waals surface area (Å²) in [6, 6.07) is 8.17. The van der Waals surface area contributed by atoms with Crippen molar-refractivity contribution < 1.29 is 14.6 Å². The van der Waals surface area contributed by atoms with Gasteiger partial charge in [0.2, 0.25) is 0 Å². The Hall–Kier alpha value is -1.55. The molecule has 1 amide bonds. The molecule has 4 nitrogen and oxygen atoms in total. The molecule has 0 saturated heterocycles. The highest BCUT2D eigenvalue weighted by Crippen LogP contribution is 2.13. The second kappa shape index (κ2) is 8.03. The first kappa shape index (κ1) is 17.5. The van der Waals surface area contributed by atoms with E-state index >= 15 is 0 Å². The summed E-state index contributed by atoms with van der Waals surface area (Å²) < 4.78 is 5.42. The summed E-state index contributed by atoms with van der Waals surface area (Å²) in [5.74, 6) is 0. The minimum atomic E-state index is -0.503. The molecule has 0 unspecified atom stereocenters. The smallest absolute Gasteiger partial charge is 0.410 e. The number of carbonyl (C=O) groups is 1. The van der Waals surface area contributed by atoms with Crippen LogP contribution in [-0.4, -0.2) is 41.4 Å². The number of aliphatic hydroxyl groups excluding tert-OH is 1. The van der Waals surface area contributed by atoms with Crippen LogP contribution in [0.5, 0.6) is 0 Å². The maximum absolute atomic E-state index is 12.2. The summed E-state index contributed by atoms with van der Waals surface area (Å²) in [5.41, 5.74) is 1.95. The molecule has 0 aliphatic heterocycles. The zero-order valence-corrected chi connectivity index (χ0v) is 13.6. The summed E-state index contributed by atoms with van der Waals surface area (Å²) in [7, 11) is 0. The Morgan fingerprint density at radius 2 is 1.90 bits per heavy atom. The van der Waals surface area contributed by atoms with Gasteiger partial charge < -0.3 is 14.7 Å². The van der Waals surface area contributed by atoms with E-state index in [4.69, 9.17) is 9.84 Å². The largest absolute Gasteiger partial charge is 0.444 e. The van der Waals surface area contributed by atoms with Gasteiger partial charge in [0.15, 0.2) is 0 Å². The number of aliphatic hydroxyl groups is 1. The molecule has 0 radical (unpaired) electrons. The highest BCUT2D eigenvalue weighted by Gasteiger charge is 2.21. The summed E-state index contributed by atoms with van der Waals surface area (Å²) in [5, 5.41) is 8.98. The molecule has 1 rings (SSSR count). The van der Waals surface area contributed by atoms with Crippen molar-refractivity contribution in [3.05, 3.63) is 35.4 Å². The van der Waals surface area contributed by atoms with Crippen LogP contribution in [0, 0.1) is 6.92 Å². The van der Waals surface area contributed by atoms with Gasteiger partial charge in [-0.15, -0.1) is 0 Å². The Kier molecular flexibility index (Phi) is 6.69. The van der Waals surface area contributed by atoms with E-state index in [0.717, 1.165) is 6.42 Å². The first-order chi connectivity index (χ1) is 9.83. The van der Waals surface area contributed by atoms with Crippen LogP contribution in [0.4, 0.5) is 4.79 Å². The van der Waals surface area contributed by atoms with Crippen LogP contribution in [-0.2, 0) is 11.2 Å². The molecule has 1 aromatic carbocycles. The Morgan fingerprint density at radius 1 is 1.24 bits per heavy atom. The van der Waals surface area contributed by atoms with Crippen molar-refractivity contribution in [1.29, 1.82) is 0 Å². The van der Waals surface area contributed by atoms with Crippen molar-refractivity contribution in [3.63, 3.8) is 0 Å². The normalized spacial score (nSPS) is 11.3. The minimum Gasteiger partial charge on any atom is -0.444 e. The first-order valence-electron chi connectivity index (χ1n) is 7.47. The third kappa shape index (κ3) is 6.63. The van der Waals surface area contributed by atoms with E-state index in [1.165, 1.54) is 11.1 Å². The monoisotopic (exact) mass is 293 g/mol. The lowest BCUT2D eigenvalue weighted by Crippen LogP contribution is -2.39. The Morgan fingerprint density at radius 3 is 2.48 bits per heavy atom. The molecule has 118 valence electrons. The molecule has 1 aromatic rings. The fourth-order valence-corrected chi connectivity index (χ4v) is 2.03. The quantitative estimate of drug-likeness (QED) is 0.876. The van der Waals surface area contributed by atoms with Gasteiger partial charge in [0.25, 0.3) is 0 Å². The van der Waals surface area contributed by atoms with Crippen LogP contribution >= 0.6 is 0 Å². The molecule has 0 atom stereocenters. The average Bonchev–Trinajstić information content (AvgIpc) is 2.38. The van der Waals surface area contributed by atoms with Gasteiger partial charge in [-0.2, -0.15) is 0 Å². The number of carbonyl (C=O) groups excluding carboxylic acids is 1. The summed E-state index contributed by atoms with van der Waals surface area (Å²) >= 11 is 0. The number of amides is 1.